The zero-order valence-electron chi connectivity index (χ0n) is 10.5. The van der Waals surface area contributed by atoms with Crippen molar-refractivity contribution >= 4 is 16.9 Å². The fraction of sp³-hybridized carbons (Fsp3) is 0.385. The highest BCUT2D eigenvalue weighted by atomic mass is 16.2. The Kier molecular flexibility index (Phi) is 3.08. The van der Waals surface area contributed by atoms with Gasteiger partial charge in [-0.15, -0.1) is 0 Å². The maximum Gasteiger partial charge on any atom is 0.323 e. The molecule has 1 heterocycles. The Morgan fingerprint density at radius 1 is 1.26 bits per heavy atom. The molecule has 100 valence electrons. The number of carbonyl (C=O) groups is 1. The van der Waals surface area contributed by atoms with Gasteiger partial charge >= 0.3 is 5.69 Å². The van der Waals surface area contributed by atoms with Crippen LogP contribution in [-0.4, -0.2) is 28.5 Å². The van der Waals surface area contributed by atoms with Gasteiger partial charge in [-0.25, -0.2) is 4.79 Å². The standard InChI is InChI=1S/C13H16N4O2/c18-12(7-14-9-2-3-9)15-6-8-1-4-10-11(5-8)17-13(19)16-10/h1,4-5,9,14H,2-3,6-7H2,(H,15,18)(H2,16,17,19). The van der Waals surface area contributed by atoms with Crippen molar-refractivity contribution in [2.45, 2.75) is 25.4 Å². The maximum atomic E-state index is 11.6. The molecular weight excluding hydrogens is 244 g/mol. The fourth-order valence-electron chi connectivity index (χ4n) is 1.98. The van der Waals surface area contributed by atoms with Gasteiger partial charge < -0.3 is 20.6 Å². The van der Waals surface area contributed by atoms with E-state index < -0.39 is 0 Å². The van der Waals surface area contributed by atoms with Crippen molar-refractivity contribution in [2.24, 2.45) is 0 Å². The Labute approximate surface area is 109 Å². The monoisotopic (exact) mass is 260 g/mol. The minimum atomic E-state index is -0.218. The van der Waals surface area contributed by atoms with Crippen LogP contribution in [0.15, 0.2) is 23.0 Å². The van der Waals surface area contributed by atoms with E-state index in [1.165, 1.54) is 12.8 Å². The summed E-state index contributed by atoms with van der Waals surface area (Å²) in [5.74, 6) is -0.00504. The summed E-state index contributed by atoms with van der Waals surface area (Å²) in [6, 6.07) is 6.12. The molecule has 1 aliphatic rings. The van der Waals surface area contributed by atoms with Crippen molar-refractivity contribution in [3.8, 4) is 0 Å². The van der Waals surface area contributed by atoms with Crippen molar-refractivity contribution in [2.75, 3.05) is 6.54 Å². The number of hydrogen-bond donors (Lipinski definition) is 4. The van der Waals surface area contributed by atoms with Gasteiger partial charge in [0.25, 0.3) is 0 Å². The summed E-state index contributed by atoms with van der Waals surface area (Å²) in [5, 5.41) is 6.01. The molecule has 1 aromatic carbocycles. The van der Waals surface area contributed by atoms with Crippen LogP contribution < -0.4 is 16.3 Å². The van der Waals surface area contributed by atoms with Crippen LogP contribution >= 0.6 is 0 Å². The van der Waals surface area contributed by atoms with Gasteiger partial charge in [0.2, 0.25) is 5.91 Å². The van der Waals surface area contributed by atoms with Crippen LogP contribution in [0.3, 0.4) is 0 Å². The molecule has 0 radical (unpaired) electrons. The third kappa shape index (κ3) is 3.03. The van der Waals surface area contributed by atoms with E-state index in [-0.39, 0.29) is 11.6 Å². The molecule has 0 atom stereocenters. The summed E-state index contributed by atoms with van der Waals surface area (Å²) in [4.78, 5) is 28.1. The topological polar surface area (TPSA) is 89.8 Å². The molecule has 1 aliphatic carbocycles. The molecule has 0 unspecified atom stereocenters. The van der Waals surface area contributed by atoms with Gasteiger partial charge in [0.05, 0.1) is 17.6 Å². The summed E-state index contributed by atoms with van der Waals surface area (Å²) in [7, 11) is 0. The van der Waals surface area contributed by atoms with Crippen LogP contribution in [0.2, 0.25) is 0 Å². The molecule has 1 fully saturated rings. The Morgan fingerprint density at radius 2 is 2.05 bits per heavy atom. The Balaban J connectivity index is 1.57. The molecule has 19 heavy (non-hydrogen) atoms. The molecule has 0 bridgehead atoms. The molecule has 0 aliphatic heterocycles. The van der Waals surface area contributed by atoms with E-state index >= 15 is 0 Å². The van der Waals surface area contributed by atoms with Crippen molar-refractivity contribution < 1.29 is 4.79 Å². The fourth-order valence-corrected chi connectivity index (χ4v) is 1.98. The van der Waals surface area contributed by atoms with Gasteiger partial charge in [0.1, 0.15) is 0 Å². The highest BCUT2D eigenvalue weighted by Crippen LogP contribution is 2.17. The highest BCUT2D eigenvalue weighted by Gasteiger charge is 2.20. The average Bonchev–Trinajstić information content (AvgIpc) is 3.14. The van der Waals surface area contributed by atoms with Gasteiger partial charge in [-0.1, -0.05) is 6.07 Å². The van der Waals surface area contributed by atoms with Gasteiger partial charge in [-0.05, 0) is 30.5 Å². The zero-order valence-corrected chi connectivity index (χ0v) is 10.5. The minimum absolute atomic E-state index is 0.00504. The van der Waals surface area contributed by atoms with E-state index in [0.29, 0.717) is 19.1 Å². The van der Waals surface area contributed by atoms with Crippen LogP contribution in [-0.2, 0) is 11.3 Å². The number of nitrogens with one attached hydrogen (secondary N) is 4. The van der Waals surface area contributed by atoms with Gasteiger partial charge in [0, 0.05) is 12.6 Å². The van der Waals surface area contributed by atoms with Crippen molar-refractivity contribution in [3.63, 3.8) is 0 Å². The summed E-state index contributed by atoms with van der Waals surface area (Å²) < 4.78 is 0. The number of aromatic amines is 2. The van der Waals surface area contributed by atoms with Gasteiger partial charge in [-0.2, -0.15) is 0 Å². The van der Waals surface area contributed by atoms with E-state index in [1.807, 2.05) is 18.2 Å². The smallest absolute Gasteiger partial charge is 0.323 e. The summed E-state index contributed by atoms with van der Waals surface area (Å²) >= 11 is 0. The Bertz CT molecular complexity index is 654. The largest absolute Gasteiger partial charge is 0.351 e. The molecule has 1 amide bonds. The van der Waals surface area contributed by atoms with Crippen molar-refractivity contribution in [3.05, 3.63) is 34.2 Å². The second kappa shape index (κ2) is 4.89. The molecule has 0 spiro atoms. The summed E-state index contributed by atoms with van der Waals surface area (Å²) in [5.41, 5.74) is 2.27. The molecular formula is C13H16N4O2. The number of rotatable bonds is 5. The second-order valence-electron chi connectivity index (χ2n) is 4.89. The number of H-pyrrole nitrogens is 2. The summed E-state index contributed by atoms with van der Waals surface area (Å²) in [6.45, 7) is 0.836. The normalized spacial score (nSPS) is 14.7. The van der Waals surface area contributed by atoms with Gasteiger partial charge in [-0.3, -0.25) is 4.79 Å². The lowest BCUT2D eigenvalue weighted by Gasteiger charge is -2.06. The SMILES string of the molecule is O=C(CNC1CC1)NCc1ccc2[nH]c(=O)[nH]c2c1. The molecule has 0 saturated heterocycles. The number of fused-ring (bicyclic) bond motifs is 1. The number of benzene rings is 1. The van der Waals surface area contributed by atoms with E-state index in [9.17, 15) is 9.59 Å². The van der Waals surface area contributed by atoms with E-state index in [2.05, 4.69) is 20.6 Å². The van der Waals surface area contributed by atoms with Crippen LogP contribution in [0, 0.1) is 0 Å². The van der Waals surface area contributed by atoms with Crippen LogP contribution in [0.1, 0.15) is 18.4 Å². The molecule has 1 aromatic heterocycles. The van der Waals surface area contributed by atoms with Crippen LogP contribution in [0.5, 0.6) is 0 Å². The van der Waals surface area contributed by atoms with Gasteiger partial charge in [0.15, 0.2) is 0 Å². The number of imidazole rings is 1. The molecule has 6 heteroatoms. The van der Waals surface area contributed by atoms with Crippen LogP contribution in [0.25, 0.3) is 11.0 Å². The molecule has 2 aromatic rings. The third-order valence-corrected chi connectivity index (χ3v) is 3.20. The number of carbonyl (C=O) groups excluding carboxylic acids is 1. The van der Waals surface area contributed by atoms with E-state index in [4.69, 9.17) is 0 Å². The first-order valence-corrected chi connectivity index (χ1v) is 6.42. The first-order valence-electron chi connectivity index (χ1n) is 6.42. The first-order chi connectivity index (χ1) is 9.20. The molecule has 3 rings (SSSR count). The average molecular weight is 260 g/mol. The van der Waals surface area contributed by atoms with Crippen molar-refractivity contribution in [1.29, 1.82) is 0 Å². The van der Waals surface area contributed by atoms with Crippen molar-refractivity contribution in [1.82, 2.24) is 20.6 Å². The lowest BCUT2D eigenvalue weighted by atomic mass is 10.2. The predicted molar refractivity (Wildman–Crippen MR) is 71.8 cm³/mol. The number of hydrogen-bond acceptors (Lipinski definition) is 3. The zero-order chi connectivity index (χ0) is 13.2. The number of aromatic nitrogens is 2. The molecule has 6 nitrogen and oxygen atoms in total. The van der Waals surface area contributed by atoms with Crippen LogP contribution in [0.4, 0.5) is 0 Å². The Morgan fingerprint density at radius 3 is 2.84 bits per heavy atom. The molecule has 1 saturated carbocycles. The summed E-state index contributed by atoms with van der Waals surface area (Å²) in [6.07, 6.45) is 2.34. The highest BCUT2D eigenvalue weighted by molar-refractivity contribution is 5.78. The number of amides is 1. The Hall–Kier alpha value is -2.08. The first kappa shape index (κ1) is 12.0. The third-order valence-electron chi connectivity index (χ3n) is 3.20. The minimum Gasteiger partial charge on any atom is -0.351 e. The van der Waals surface area contributed by atoms with E-state index in [1.54, 1.807) is 0 Å². The van der Waals surface area contributed by atoms with E-state index in [0.717, 1.165) is 16.6 Å². The predicted octanol–water partition coefficient (Wildman–Crippen LogP) is 0.224. The maximum absolute atomic E-state index is 11.6. The lowest BCUT2D eigenvalue weighted by molar-refractivity contribution is -0.120. The molecule has 4 N–H and O–H groups in total. The quantitative estimate of drug-likeness (QED) is 0.620. The lowest BCUT2D eigenvalue weighted by Crippen LogP contribution is -2.34. The second-order valence-corrected chi connectivity index (χ2v) is 4.89.